The maximum absolute atomic E-state index is 5.63. The maximum atomic E-state index is 5.63. The Hall–Kier alpha value is -0.600. The summed E-state index contributed by atoms with van der Waals surface area (Å²) in [6.07, 6.45) is 4.45. The van der Waals surface area contributed by atoms with Crippen molar-refractivity contribution in [2.75, 3.05) is 6.54 Å². The summed E-state index contributed by atoms with van der Waals surface area (Å²) in [5.41, 5.74) is 9.71. The lowest BCUT2D eigenvalue weighted by atomic mass is 9.92. The zero-order valence-electron chi connectivity index (χ0n) is 7.39. The topological polar surface area (TPSA) is 26.0 Å². The van der Waals surface area contributed by atoms with Gasteiger partial charge < -0.3 is 5.73 Å². The van der Waals surface area contributed by atoms with Gasteiger partial charge in [0.15, 0.2) is 0 Å². The minimum atomic E-state index is 0.681. The van der Waals surface area contributed by atoms with Crippen LogP contribution in [0.1, 0.15) is 17.5 Å². The molecule has 2 N–H and O–H groups in total. The molecule has 0 aliphatic heterocycles. The highest BCUT2D eigenvalue weighted by molar-refractivity contribution is 9.10. The Labute approximate surface area is 86.8 Å². The normalized spacial score (nSPS) is 15.1. The second-order valence-electron chi connectivity index (χ2n) is 3.32. The Morgan fingerprint density at radius 2 is 2.15 bits per heavy atom. The molecule has 0 atom stereocenters. The van der Waals surface area contributed by atoms with E-state index in [0.717, 1.165) is 12.8 Å². The SMILES string of the molecule is NCC1=Cc2c(Br)cccc2CC1. The first-order chi connectivity index (χ1) is 6.31. The van der Waals surface area contributed by atoms with Crippen molar-refractivity contribution in [1.29, 1.82) is 0 Å². The van der Waals surface area contributed by atoms with Crippen molar-refractivity contribution in [1.82, 2.24) is 0 Å². The first-order valence-electron chi connectivity index (χ1n) is 4.48. The second-order valence-corrected chi connectivity index (χ2v) is 4.17. The number of halogens is 1. The van der Waals surface area contributed by atoms with Crippen molar-refractivity contribution in [3.05, 3.63) is 39.4 Å². The number of benzene rings is 1. The molecule has 0 spiro atoms. The van der Waals surface area contributed by atoms with E-state index < -0.39 is 0 Å². The fraction of sp³-hybridized carbons (Fsp3) is 0.273. The van der Waals surface area contributed by atoms with Crippen LogP contribution in [0.3, 0.4) is 0 Å². The molecule has 2 heteroatoms. The Morgan fingerprint density at radius 1 is 1.31 bits per heavy atom. The highest BCUT2D eigenvalue weighted by Gasteiger charge is 2.10. The molecule has 0 bridgehead atoms. The van der Waals surface area contributed by atoms with Crippen LogP contribution in [0.25, 0.3) is 6.08 Å². The van der Waals surface area contributed by atoms with E-state index in [0.29, 0.717) is 6.54 Å². The molecule has 0 aromatic heterocycles. The van der Waals surface area contributed by atoms with Crippen LogP contribution in [0.4, 0.5) is 0 Å². The molecule has 1 aromatic carbocycles. The van der Waals surface area contributed by atoms with Gasteiger partial charge in [-0.3, -0.25) is 0 Å². The van der Waals surface area contributed by atoms with E-state index >= 15 is 0 Å². The van der Waals surface area contributed by atoms with Gasteiger partial charge in [0.2, 0.25) is 0 Å². The van der Waals surface area contributed by atoms with Crippen molar-refractivity contribution >= 4 is 22.0 Å². The van der Waals surface area contributed by atoms with E-state index in [9.17, 15) is 0 Å². The number of aryl methyl sites for hydroxylation is 1. The van der Waals surface area contributed by atoms with Gasteiger partial charge in [-0.05, 0) is 30.0 Å². The summed E-state index contributed by atoms with van der Waals surface area (Å²) in [5.74, 6) is 0. The second kappa shape index (κ2) is 3.64. The van der Waals surface area contributed by atoms with Crippen LogP contribution in [0.15, 0.2) is 28.2 Å². The Kier molecular flexibility index (Phi) is 2.51. The van der Waals surface area contributed by atoms with Crippen molar-refractivity contribution in [3.63, 3.8) is 0 Å². The largest absolute Gasteiger partial charge is 0.327 e. The number of fused-ring (bicyclic) bond motifs is 1. The van der Waals surface area contributed by atoms with Crippen molar-refractivity contribution in [2.45, 2.75) is 12.8 Å². The van der Waals surface area contributed by atoms with E-state index in [-0.39, 0.29) is 0 Å². The number of hydrogen-bond acceptors (Lipinski definition) is 1. The zero-order valence-corrected chi connectivity index (χ0v) is 8.97. The molecule has 0 saturated heterocycles. The Bertz CT molecular complexity index is 355. The third-order valence-corrected chi connectivity index (χ3v) is 3.16. The summed E-state index contributed by atoms with van der Waals surface area (Å²) < 4.78 is 1.18. The molecule has 0 heterocycles. The molecule has 68 valence electrons. The van der Waals surface area contributed by atoms with Crippen LogP contribution in [-0.4, -0.2) is 6.54 Å². The molecular weight excluding hydrogens is 226 g/mol. The smallest absolute Gasteiger partial charge is 0.0250 e. The van der Waals surface area contributed by atoms with Gasteiger partial charge in [0.25, 0.3) is 0 Å². The van der Waals surface area contributed by atoms with E-state index in [1.54, 1.807) is 0 Å². The first kappa shape index (κ1) is 8.97. The van der Waals surface area contributed by atoms with Crippen LogP contribution in [0.5, 0.6) is 0 Å². The molecule has 13 heavy (non-hydrogen) atoms. The predicted octanol–water partition coefficient (Wildman–Crippen LogP) is 2.74. The lowest BCUT2D eigenvalue weighted by molar-refractivity contribution is 0.891. The van der Waals surface area contributed by atoms with Crippen molar-refractivity contribution in [2.24, 2.45) is 5.73 Å². The number of nitrogens with two attached hydrogens (primary N) is 1. The number of rotatable bonds is 1. The highest BCUT2D eigenvalue weighted by atomic mass is 79.9. The van der Waals surface area contributed by atoms with Crippen LogP contribution in [0.2, 0.25) is 0 Å². The summed E-state index contributed by atoms with van der Waals surface area (Å²) in [6, 6.07) is 6.35. The molecule has 1 aliphatic carbocycles. The van der Waals surface area contributed by atoms with E-state index in [4.69, 9.17) is 5.73 Å². The van der Waals surface area contributed by atoms with E-state index in [2.05, 4.69) is 40.2 Å². The Balaban J connectivity index is 2.49. The average molecular weight is 238 g/mol. The Morgan fingerprint density at radius 3 is 2.92 bits per heavy atom. The molecular formula is C11H12BrN. The fourth-order valence-corrected chi connectivity index (χ4v) is 2.22. The monoisotopic (exact) mass is 237 g/mol. The molecule has 0 saturated carbocycles. The maximum Gasteiger partial charge on any atom is 0.0250 e. The van der Waals surface area contributed by atoms with Crippen LogP contribution < -0.4 is 5.73 Å². The molecule has 0 unspecified atom stereocenters. The summed E-state index contributed by atoms with van der Waals surface area (Å²) >= 11 is 3.55. The molecule has 0 fully saturated rings. The van der Waals surface area contributed by atoms with Crippen molar-refractivity contribution in [3.8, 4) is 0 Å². The minimum Gasteiger partial charge on any atom is -0.327 e. The van der Waals surface area contributed by atoms with E-state index in [1.165, 1.54) is 21.2 Å². The third-order valence-electron chi connectivity index (χ3n) is 2.47. The molecule has 0 amide bonds. The lowest BCUT2D eigenvalue weighted by Gasteiger charge is -2.16. The molecule has 1 aromatic rings. The molecule has 1 aliphatic rings. The fourth-order valence-electron chi connectivity index (χ4n) is 1.69. The van der Waals surface area contributed by atoms with Gasteiger partial charge in [0.05, 0.1) is 0 Å². The zero-order chi connectivity index (χ0) is 9.26. The van der Waals surface area contributed by atoms with Gasteiger partial charge in [-0.25, -0.2) is 0 Å². The highest BCUT2D eigenvalue weighted by Crippen LogP contribution is 2.29. The van der Waals surface area contributed by atoms with Gasteiger partial charge in [0, 0.05) is 11.0 Å². The quantitative estimate of drug-likeness (QED) is 0.799. The minimum absolute atomic E-state index is 0.681. The van der Waals surface area contributed by atoms with Crippen LogP contribution in [0, 0.1) is 0 Å². The summed E-state index contributed by atoms with van der Waals surface area (Å²) in [7, 11) is 0. The number of hydrogen-bond donors (Lipinski definition) is 1. The predicted molar refractivity (Wildman–Crippen MR) is 59.5 cm³/mol. The van der Waals surface area contributed by atoms with Crippen molar-refractivity contribution < 1.29 is 0 Å². The standard InChI is InChI=1S/C11H12BrN/c12-11-3-1-2-9-5-4-8(7-13)6-10(9)11/h1-3,6H,4-5,7,13H2. The summed E-state index contributed by atoms with van der Waals surface area (Å²) in [4.78, 5) is 0. The van der Waals surface area contributed by atoms with Gasteiger partial charge in [0.1, 0.15) is 0 Å². The van der Waals surface area contributed by atoms with Crippen LogP contribution in [-0.2, 0) is 6.42 Å². The van der Waals surface area contributed by atoms with Gasteiger partial charge in [-0.1, -0.05) is 39.7 Å². The van der Waals surface area contributed by atoms with Gasteiger partial charge in [-0.2, -0.15) is 0 Å². The molecule has 0 radical (unpaired) electrons. The van der Waals surface area contributed by atoms with Crippen LogP contribution >= 0.6 is 15.9 Å². The third kappa shape index (κ3) is 1.69. The molecule has 1 nitrogen and oxygen atoms in total. The average Bonchev–Trinajstić information content (AvgIpc) is 2.18. The van der Waals surface area contributed by atoms with E-state index in [1.807, 2.05) is 0 Å². The summed E-state index contributed by atoms with van der Waals surface area (Å²) in [5, 5.41) is 0. The lowest BCUT2D eigenvalue weighted by Crippen LogP contribution is -2.08. The van der Waals surface area contributed by atoms with Gasteiger partial charge >= 0.3 is 0 Å². The molecule has 2 rings (SSSR count). The van der Waals surface area contributed by atoms with Gasteiger partial charge in [-0.15, -0.1) is 0 Å². The summed E-state index contributed by atoms with van der Waals surface area (Å²) in [6.45, 7) is 0.681. The first-order valence-corrected chi connectivity index (χ1v) is 5.27.